The van der Waals surface area contributed by atoms with Crippen LogP contribution in [0.3, 0.4) is 0 Å². The van der Waals surface area contributed by atoms with Gasteiger partial charge in [-0.15, -0.1) is 0 Å². The van der Waals surface area contributed by atoms with Crippen molar-refractivity contribution in [2.24, 2.45) is 5.41 Å². The molecular weight excluding hydrogens is 143 g/mol. The molecule has 0 radical (unpaired) electrons. The molecule has 0 saturated heterocycles. The van der Waals surface area contributed by atoms with E-state index in [2.05, 4.69) is 20.8 Å². The lowest BCUT2D eigenvalue weighted by atomic mass is 9.90. The molecule has 0 N–H and O–H groups in total. The van der Waals surface area contributed by atoms with Crippen LogP contribution in [0.15, 0.2) is 0 Å². The molecule has 0 aliphatic carbocycles. The third kappa shape index (κ3) is 8.10. The molecule has 0 aromatic heterocycles. The molecule has 0 bridgehead atoms. The molecule has 0 aliphatic heterocycles. The molecule has 0 aromatic rings. The Bertz CT molecular complexity index is 93.9. The van der Waals surface area contributed by atoms with E-state index in [4.69, 9.17) is 0 Å². The maximum absolute atomic E-state index is 10.0. The Kier molecular flexibility index (Phi) is 4.89. The summed E-state index contributed by atoms with van der Waals surface area (Å²) in [7, 11) is 0.302. The van der Waals surface area contributed by atoms with E-state index >= 15 is 0 Å². The van der Waals surface area contributed by atoms with Crippen molar-refractivity contribution in [3.05, 3.63) is 0 Å². The van der Waals surface area contributed by atoms with Crippen molar-refractivity contribution in [2.45, 2.75) is 40.0 Å². The topological polar surface area (TPSA) is 17.1 Å². The lowest BCUT2D eigenvalue weighted by Gasteiger charge is -2.16. The van der Waals surface area contributed by atoms with E-state index in [1.807, 2.05) is 0 Å². The maximum atomic E-state index is 10.0. The highest BCUT2D eigenvalue weighted by Crippen LogP contribution is 2.21. The average molecular weight is 160 g/mol. The average Bonchev–Trinajstić information content (AvgIpc) is 1.78. The first-order chi connectivity index (χ1) is 4.56. The van der Waals surface area contributed by atoms with Gasteiger partial charge in [-0.25, -0.2) is 0 Å². The SMILES string of the molecule is CC(C)(C)CCCCP=O. The maximum Gasteiger partial charge on any atom is 0.155 e. The van der Waals surface area contributed by atoms with Crippen LogP contribution in [0.2, 0.25) is 0 Å². The third-order valence-corrected chi connectivity index (χ3v) is 1.92. The molecule has 0 heterocycles. The number of unbranched alkanes of at least 4 members (excludes halogenated alkanes) is 1. The van der Waals surface area contributed by atoms with Crippen molar-refractivity contribution >= 4 is 8.46 Å². The van der Waals surface area contributed by atoms with E-state index in [-0.39, 0.29) is 0 Å². The van der Waals surface area contributed by atoms with Crippen LogP contribution in [0, 0.1) is 5.41 Å². The van der Waals surface area contributed by atoms with E-state index in [0.717, 1.165) is 12.6 Å². The molecule has 0 rings (SSSR count). The summed E-state index contributed by atoms with van der Waals surface area (Å²) in [5.74, 6) is 0. The monoisotopic (exact) mass is 160 g/mol. The molecule has 0 fully saturated rings. The van der Waals surface area contributed by atoms with Gasteiger partial charge in [-0.3, -0.25) is 4.57 Å². The van der Waals surface area contributed by atoms with Crippen LogP contribution >= 0.6 is 8.46 Å². The largest absolute Gasteiger partial charge is 0.275 e. The highest BCUT2D eigenvalue weighted by Gasteiger charge is 2.08. The second-order valence-corrected chi connectivity index (χ2v) is 4.58. The van der Waals surface area contributed by atoms with Gasteiger partial charge >= 0.3 is 0 Å². The number of hydrogen-bond donors (Lipinski definition) is 0. The van der Waals surface area contributed by atoms with Crippen LogP contribution < -0.4 is 0 Å². The summed E-state index contributed by atoms with van der Waals surface area (Å²) in [4.78, 5) is 0. The van der Waals surface area contributed by atoms with Gasteiger partial charge in [0, 0.05) is 6.16 Å². The van der Waals surface area contributed by atoms with E-state index in [1.54, 1.807) is 0 Å². The molecule has 0 atom stereocenters. The Morgan fingerprint density at radius 2 is 1.80 bits per heavy atom. The Labute approximate surface area is 65.4 Å². The first-order valence-electron chi connectivity index (χ1n) is 3.85. The van der Waals surface area contributed by atoms with Gasteiger partial charge in [0.1, 0.15) is 0 Å². The van der Waals surface area contributed by atoms with Gasteiger partial charge in [-0.2, -0.15) is 0 Å². The van der Waals surface area contributed by atoms with Gasteiger partial charge in [-0.1, -0.05) is 27.2 Å². The predicted octanol–water partition coefficient (Wildman–Crippen LogP) is 3.49. The van der Waals surface area contributed by atoms with Crippen LogP contribution in [-0.4, -0.2) is 6.16 Å². The molecule has 0 aliphatic rings. The smallest absolute Gasteiger partial charge is 0.155 e. The summed E-state index contributed by atoms with van der Waals surface area (Å²) in [5, 5.41) is 0. The Hall–Kier alpha value is 0.100. The highest BCUT2D eigenvalue weighted by atomic mass is 31.1. The molecule has 10 heavy (non-hydrogen) atoms. The molecule has 1 nitrogen and oxygen atoms in total. The number of hydrogen-bond acceptors (Lipinski definition) is 1. The fourth-order valence-corrected chi connectivity index (χ4v) is 1.18. The zero-order valence-corrected chi connectivity index (χ0v) is 8.08. The second kappa shape index (κ2) is 4.85. The zero-order chi connectivity index (χ0) is 8.04. The Balaban J connectivity index is 3.12. The highest BCUT2D eigenvalue weighted by molar-refractivity contribution is 7.23. The van der Waals surface area contributed by atoms with Gasteiger partial charge in [0.05, 0.1) is 0 Å². The van der Waals surface area contributed by atoms with Gasteiger partial charge in [-0.05, 0) is 18.3 Å². The Morgan fingerprint density at radius 3 is 2.20 bits per heavy atom. The number of rotatable bonds is 4. The summed E-state index contributed by atoms with van der Waals surface area (Å²) >= 11 is 0. The molecule has 2 heteroatoms. The minimum absolute atomic E-state index is 0.302. The Morgan fingerprint density at radius 1 is 1.20 bits per heavy atom. The second-order valence-electron chi connectivity index (χ2n) is 3.87. The molecule has 0 amide bonds. The summed E-state index contributed by atoms with van der Waals surface area (Å²) in [6.07, 6.45) is 4.37. The van der Waals surface area contributed by atoms with Crippen LogP contribution in [0.4, 0.5) is 0 Å². The van der Waals surface area contributed by atoms with Crippen molar-refractivity contribution in [1.82, 2.24) is 0 Å². The molecule has 0 unspecified atom stereocenters. The van der Waals surface area contributed by atoms with Crippen molar-refractivity contribution in [1.29, 1.82) is 0 Å². The lowest BCUT2D eigenvalue weighted by Crippen LogP contribution is -2.03. The minimum atomic E-state index is 0.302. The quantitative estimate of drug-likeness (QED) is 0.454. The van der Waals surface area contributed by atoms with Crippen molar-refractivity contribution in [3.8, 4) is 0 Å². The van der Waals surface area contributed by atoms with Crippen LogP contribution in [0.25, 0.3) is 0 Å². The fourth-order valence-electron chi connectivity index (χ4n) is 0.832. The van der Waals surface area contributed by atoms with Gasteiger partial charge < -0.3 is 0 Å². The third-order valence-electron chi connectivity index (χ3n) is 1.43. The van der Waals surface area contributed by atoms with Gasteiger partial charge in [0.15, 0.2) is 8.46 Å². The summed E-state index contributed by atoms with van der Waals surface area (Å²) < 4.78 is 10.0. The van der Waals surface area contributed by atoms with Crippen LogP contribution in [0.1, 0.15) is 40.0 Å². The fraction of sp³-hybridized carbons (Fsp3) is 1.00. The van der Waals surface area contributed by atoms with E-state index in [0.29, 0.717) is 13.9 Å². The predicted molar refractivity (Wildman–Crippen MR) is 45.8 cm³/mol. The molecular formula is C8H17OP. The molecule has 60 valence electrons. The normalized spacial score (nSPS) is 12.3. The first kappa shape index (κ1) is 10.1. The summed E-state index contributed by atoms with van der Waals surface area (Å²) in [5.41, 5.74) is 0.444. The minimum Gasteiger partial charge on any atom is -0.275 e. The molecule has 0 saturated carbocycles. The van der Waals surface area contributed by atoms with Crippen molar-refractivity contribution in [3.63, 3.8) is 0 Å². The van der Waals surface area contributed by atoms with E-state index in [9.17, 15) is 4.57 Å². The summed E-state index contributed by atoms with van der Waals surface area (Å²) in [6.45, 7) is 6.71. The zero-order valence-electron chi connectivity index (χ0n) is 7.18. The van der Waals surface area contributed by atoms with E-state index in [1.165, 1.54) is 12.8 Å². The lowest BCUT2D eigenvalue weighted by molar-refractivity contribution is 0.364. The van der Waals surface area contributed by atoms with Gasteiger partial charge in [0.25, 0.3) is 0 Å². The first-order valence-corrected chi connectivity index (χ1v) is 4.85. The molecule has 0 spiro atoms. The van der Waals surface area contributed by atoms with Crippen molar-refractivity contribution < 1.29 is 4.57 Å². The molecule has 0 aromatic carbocycles. The van der Waals surface area contributed by atoms with Crippen LogP contribution in [-0.2, 0) is 4.57 Å². The van der Waals surface area contributed by atoms with Crippen LogP contribution in [0.5, 0.6) is 0 Å². The standard InChI is InChI=1S/C8H17OP/c1-8(2,3)6-4-5-7-10-9/h4-7H2,1-3H3. The summed E-state index contributed by atoms with van der Waals surface area (Å²) in [6, 6.07) is 0. The van der Waals surface area contributed by atoms with E-state index < -0.39 is 0 Å². The van der Waals surface area contributed by atoms with Gasteiger partial charge in [0.2, 0.25) is 0 Å². The van der Waals surface area contributed by atoms with Crippen molar-refractivity contribution in [2.75, 3.05) is 6.16 Å².